The van der Waals surface area contributed by atoms with Crippen LogP contribution >= 0.6 is 0 Å². The molecule has 3 rings (SSSR count). The molecule has 2 amide bonds. The summed E-state index contributed by atoms with van der Waals surface area (Å²) in [6.07, 6.45) is 8.93. The van der Waals surface area contributed by atoms with Crippen molar-refractivity contribution >= 4 is 21.8 Å². The van der Waals surface area contributed by atoms with Crippen molar-refractivity contribution in [2.45, 2.75) is 51.1 Å². The molecule has 1 aliphatic rings. The van der Waals surface area contributed by atoms with Gasteiger partial charge in [0.1, 0.15) is 11.8 Å². The summed E-state index contributed by atoms with van der Waals surface area (Å²) in [5.74, 6) is -0.0204. The normalized spacial score (nSPS) is 14.5. The lowest BCUT2D eigenvalue weighted by Crippen LogP contribution is -2.53. The number of benzene rings is 2. The van der Waals surface area contributed by atoms with E-state index in [-0.39, 0.29) is 19.0 Å². The summed E-state index contributed by atoms with van der Waals surface area (Å²) in [4.78, 5) is 28.7. The Balaban J connectivity index is 1.88. The SMILES string of the molecule is COc1ccc(CN(C(=O)CN(C)S(C)(=O)=O)C(Cc2ccccc2)C(=O)NCCC2=CCCCC2)cc1. The summed E-state index contributed by atoms with van der Waals surface area (Å²) < 4.78 is 30.4. The monoisotopic (exact) mass is 541 g/mol. The summed E-state index contributed by atoms with van der Waals surface area (Å²) in [5.41, 5.74) is 3.07. The van der Waals surface area contributed by atoms with Gasteiger partial charge in [-0.3, -0.25) is 9.59 Å². The first kappa shape index (κ1) is 29.4. The van der Waals surface area contributed by atoms with Crippen LogP contribution in [0.3, 0.4) is 0 Å². The number of hydrogen-bond acceptors (Lipinski definition) is 5. The highest BCUT2D eigenvalue weighted by Crippen LogP contribution is 2.20. The van der Waals surface area contributed by atoms with Crippen LogP contribution in [0.2, 0.25) is 0 Å². The summed E-state index contributed by atoms with van der Waals surface area (Å²) in [7, 11) is -0.639. The maximum Gasteiger partial charge on any atom is 0.243 e. The topological polar surface area (TPSA) is 96.0 Å². The molecule has 0 bridgehead atoms. The van der Waals surface area contributed by atoms with Crippen molar-refractivity contribution < 1.29 is 22.7 Å². The zero-order valence-electron chi connectivity index (χ0n) is 22.6. The Morgan fingerprint density at radius 3 is 2.34 bits per heavy atom. The van der Waals surface area contributed by atoms with Crippen molar-refractivity contribution in [1.29, 1.82) is 0 Å². The lowest BCUT2D eigenvalue weighted by molar-refractivity contribution is -0.141. The van der Waals surface area contributed by atoms with Gasteiger partial charge < -0.3 is 15.0 Å². The number of ether oxygens (including phenoxy) is 1. The van der Waals surface area contributed by atoms with E-state index in [0.717, 1.165) is 41.0 Å². The van der Waals surface area contributed by atoms with E-state index in [4.69, 9.17) is 4.74 Å². The fraction of sp³-hybridized carbons (Fsp3) is 0.448. The molecule has 0 spiro atoms. The van der Waals surface area contributed by atoms with Gasteiger partial charge in [-0.15, -0.1) is 0 Å². The summed E-state index contributed by atoms with van der Waals surface area (Å²) in [6.45, 7) is 0.278. The Morgan fingerprint density at radius 2 is 1.74 bits per heavy atom. The van der Waals surface area contributed by atoms with Gasteiger partial charge in [-0.2, -0.15) is 4.31 Å². The van der Waals surface area contributed by atoms with Gasteiger partial charge in [0.05, 0.1) is 19.9 Å². The number of amides is 2. The molecule has 0 fully saturated rings. The molecule has 1 unspecified atom stereocenters. The average Bonchev–Trinajstić information content (AvgIpc) is 2.91. The Bertz CT molecular complexity index is 1200. The molecule has 0 aromatic heterocycles. The Hall–Kier alpha value is -3.17. The van der Waals surface area contributed by atoms with Crippen molar-refractivity contribution in [2.75, 3.05) is 33.5 Å². The van der Waals surface area contributed by atoms with Crippen LogP contribution in [-0.2, 0) is 32.6 Å². The predicted octanol–water partition coefficient (Wildman–Crippen LogP) is 3.53. The Labute approximate surface area is 226 Å². The third-order valence-corrected chi connectivity index (χ3v) is 8.10. The second-order valence-electron chi connectivity index (χ2n) is 9.74. The average molecular weight is 542 g/mol. The molecule has 8 nitrogen and oxygen atoms in total. The number of methoxy groups -OCH3 is 1. The number of sulfonamides is 1. The summed E-state index contributed by atoms with van der Waals surface area (Å²) in [5, 5.41) is 3.05. The molecule has 9 heteroatoms. The first-order valence-corrected chi connectivity index (χ1v) is 14.9. The largest absolute Gasteiger partial charge is 0.497 e. The van der Waals surface area contributed by atoms with Crippen LogP contribution in [0.4, 0.5) is 0 Å². The van der Waals surface area contributed by atoms with Crippen LogP contribution in [0, 0.1) is 0 Å². The predicted molar refractivity (Wildman–Crippen MR) is 149 cm³/mol. The van der Waals surface area contributed by atoms with Gasteiger partial charge in [-0.25, -0.2) is 8.42 Å². The Morgan fingerprint density at radius 1 is 1.03 bits per heavy atom. The Kier molecular flexibility index (Phi) is 10.9. The number of allylic oxidation sites excluding steroid dienone is 1. The minimum Gasteiger partial charge on any atom is -0.497 e. The first-order valence-electron chi connectivity index (χ1n) is 13.0. The molecule has 206 valence electrons. The van der Waals surface area contributed by atoms with Gasteiger partial charge in [0.2, 0.25) is 21.8 Å². The highest BCUT2D eigenvalue weighted by atomic mass is 32.2. The first-order chi connectivity index (χ1) is 18.2. The zero-order valence-corrected chi connectivity index (χ0v) is 23.4. The molecule has 0 aliphatic heterocycles. The quantitative estimate of drug-likeness (QED) is 0.392. The second-order valence-corrected chi connectivity index (χ2v) is 11.8. The second kappa shape index (κ2) is 14.1. The van der Waals surface area contributed by atoms with E-state index in [0.29, 0.717) is 18.7 Å². The summed E-state index contributed by atoms with van der Waals surface area (Å²) >= 11 is 0. The minimum atomic E-state index is -3.58. The van der Waals surface area contributed by atoms with E-state index in [1.807, 2.05) is 42.5 Å². The third kappa shape index (κ3) is 8.99. The van der Waals surface area contributed by atoms with Crippen molar-refractivity contribution in [2.24, 2.45) is 0 Å². The van der Waals surface area contributed by atoms with Crippen LogP contribution in [0.25, 0.3) is 0 Å². The van der Waals surface area contributed by atoms with E-state index < -0.39 is 22.0 Å². The fourth-order valence-electron chi connectivity index (χ4n) is 4.48. The molecule has 0 saturated heterocycles. The van der Waals surface area contributed by atoms with Crippen LogP contribution in [0.15, 0.2) is 66.2 Å². The molecule has 1 atom stereocenters. The van der Waals surface area contributed by atoms with E-state index in [2.05, 4.69) is 11.4 Å². The maximum atomic E-state index is 13.6. The fourth-order valence-corrected chi connectivity index (χ4v) is 4.82. The molecule has 2 aromatic carbocycles. The van der Waals surface area contributed by atoms with Crippen molar-refractivity contribution in [1.82, 2.24) is 14.5 Å². The molecule has 1 N–H and O–H groups in total. The maximum absolute atomic E-state index is 13.6. The van der Waals surface area contributed by atoms with Crippen molar-refractivity contribution in [3.63, 3.8) is 0 Å². The minimum absolute atomic E-state index is 0.149. The number of hydrogen-bond donors (Lipinski definition) is 1. The summed E-state index contributed by atoms with van der Waals surface area (Å²) in [6, 6.07) is 16.0. The lowest BCUT2D eigenvalue weighted by Gasteiger charge is -2.32. The molecule has 2 aromatic rings. The molecule has 0 saturated carbocycles. The lowest BCUT2D eigenvalue weighted by atomic mass is 9.97. The van der Waals surface area contributed by atoms with Gasteiger partial charge in [0, 0.05) is 26.6 Å². The number of carbonyl (C=O) groups is 2. The molecule has 38 heavy (non-hydrogen) atoms. The van der Waals surface area contributed by atoms with Crippen molar-refractivity contribution in [3.05, 3.63) is 77.4 Å². The van der Waals surface area contributed by atoms with E-state index in [1.54, 1.807) is 19.2 Å². The van der Waals surface area contributed by atoms with E-state index in [9.17, 15) is 18.0 Å². The smallest absolute Gasteiger partial charge is 0.243 e. The van der Waals surface area contributed by atoms with Crippen LogP contribution in [0.1, 0.15) is 43.2 Å². The van der Waals surface area contributed by atoms with Gasteiger partial charge in [0.25, 0.3) is 0 Å². The number of rotatable bonds is 13. The molecular weight excluding hydrogens is 502 g/mol. The molecular formula is C29H39N3O5S. The van der Waals surface area contributed by atoms with Gasteiger partial charge >= 0.3 is 0 Å². The van der Waals surface area contributed by atoms with E-state index >= 15 is 0 Å². The van der Waals surface area contributed by atoms with E-state index in [1.165, 1.54) is 30.4 Å². The standard InChI is InChI=1S/C29H39N3O5S/c1-31(38(3,35)36)22-28(33)32(21-25-14-16-26(37-2)17-15-25)27(20-24-12-8-5-9-13-24)29(34)30-19-18-23-10-6-4-7-11-23/h5,8-10,12-17,27H,4,6-7,11,18-22H2,1-3H3,(H,30,34). The number of carbonyl (C=O) groups excluding carboxylic acids is 2. The highest BCUT2D eigenvalue weighted by molar-refractivity contribution is 7.88. The zero-order chi connectivity index (χ0) is 27.5. The number of likely N-dealkylation sites (N-methyl/N-ethyl adjacent to an activating group) is 1. The third-order valence-electron chi connectivity index (χ3n) is 6.84. The molecule has 0 heterocycles. The van der Waals surface area contributed by atoms with Crippen molar-refractivity contribution in [3.8, 4) is 5.75 Å². The molecule has 1 aliphatic carbocycles. The van der Waals surface area contributed by atoms with Gasteiger partial charge in [-0.05, 0) is 55.4 Å². The van der Waals surface area contributed by atoms with Crippen LogP contribution in [-0.4, -0.2) is 69.0 Å². The number of nitrogens with zero attached hydrogens (tertiary/aromatic N) is 2. The van der Waals surface area contributed by atoms with Crippen LogP contribution in [0.5, 0.6) is 5.75 Å². The number of nitrogens with one attached hydrogen (secondary N) is 1. The van der Waals surface area contributed by atoms with Gasteiger partial charge in [0.15, 0.2) is 0 Å². The van der Waals surface area contributed by atoms with Crippen LogP contribution < -0.4 is 10.1 Å². The molecule has 0 radical (unpaired) electrons. The van der Waals surface area contributed by atoms with Gasteiger partial charge in [-0.1, -0.05) is 54.1 Å². The highest BCUT2D eigenvalue weighted by Gasteiger charge is 2.31.